The highest BCUT2D eigenvalue weighted by Crippen LogP contribution is 2.46. The predicted octanol–water partition coefficient (Wildman–Crippen LogP) is 4.53. The van der Waals surface area contributed by atoms with Crippen LogP contribution in [0.4, 0.5) is 13.2 Å². The van der Waals surface area contributed by atoms with E-state index < -0.39 is 30.5 Å². The fourth-order valence-corrected chi connectivity index (χ4v) is 5.67. The minimum absolute atomic E-state index is 0.0514. The first kappa shape index (κ1) is 20.7. The maximum atomic E-state index is 14.3. The lowest BCUT2D eigenvalue weighted by Gasteiger charge is -2.17. The van der Waals surface area contributed by atoms with Gasteiger partial charge in [0, 0.05) is 36.8 Å². The van der Waals surface area contributed by atoms with Crippen LogP contribution in [-0.2, 0) is 15.8 Å². The number of nitrogens with one attached hydrogen (secondary N) is 3. The van der Waals surface area contributed by atoms with Crippen molar-refractivity contribution in [3.63, 3.8) is 0 Å². The Labute approximate surface area is 171 Å². The Bertz CT molecular complexity index is 1160. The highest BCUT2D eigenvalue weighted by atomic mass is 31.2. The number of hydrogen-bond donors (Lipinski definition) is 3. The largest absolute Gasteiger partial charge is 0.352 e. The standard InChI is InChI=1S/C21H21F3N3O2P/c1-30(29)19(8-9-25-30)26-18(28)7-6-15-16-10-14(23)11-17(24)21(16)27-20(15)12-2-4-13(22)5-3-12/h2-5,10-11,19,27H,6-9H2,1H3,(H,25,29)(H,26,28). The van der Waals surface area contributed by atoms with E-state index >= 15 is 0 Å². The Morgan fingerprint density at radius 2 is 1.90 bits per heavy atom. The third kappa shape index (κ3) is 4.02. The summed E-state index contributed by atoms with van der Waals surface area (Å²) < 4.78 is 53.9. The molecule has 3 aromatic rings. The number of benzene rings is 2. The molecule has 1 aromatic heterocycles. The minimum atomic E-state index is -2.63. The monoisotopic (exact) mass is 435 g/mol. The third-order valence-electron chi connectivity index (χ3n) is 5.43. The number of hydrogen-bond acceptors (Lipinski definition) is 2. The van der Waals surface area contributed by atoms with Crippen LogP contribution in [0.2, 0.25) is 0 Å². The zero-order valence-corrected chi connectivity index (χ0v) is 17.2. The SMILES string of the molecule is CP1(=O)NCCC1NC(=O)CCc1c(-c2ccc(F)cc2)[nH]c2c(F)cc(F)cc12. The van der Waals surface area contributed by atoms with Crippen LogP contribution < -0.4 is 10.4 Å². The number of carbonyl (C=O) groups excluding carboxylic acids is 1. The highest BCUT2D eigenvalue weighted by molar-refractivity contribution is 7.62. The summed E-state index contributed by atoms with van der Waals surface area (Å²) in [6, 6.07) is 7.64. The molecule has 3 N–H and O–H groups in total. The number of aryl methyl sites for hydroxylation is 1. The molecule has 1 aliphatic heterocycles. The number of aromatic amines is 1. The molecule has 0 bridgehead atoms. The molecule has 0 radical (unpaired) electrons. The summed E-state index contributed by atoms with van der Waals surface area (Å²) in [5.41, 5.74) is 1.80. The quantitative estimate of drug-likeness (QED) is 0.516. The molecule has 2 atom stereocenters. The fraction of sp³-hybridized carbons (Fsp3) is 0.286. The molecule has 5 nitrogen and oxygen atoms in total. The van der Waals surface area contributed by atoms with Gasteiger partial charge in [0.2, 0.25) is 5.91 Å². The number of H-pyrrole nitrogens is 1. The van der Waals surface area contributed by atoms with Crippen molar-refractivity contribution in [2.45, 2.75) is 25.0 Å². The molecule has 1 fully saturated rings. The Hall–Kier alpha value is -2.57. The molecule has 2 heterocycles. The lowest BCUT2D eigenvalue weighted by atomic mass is 10.0. The van der Waals surface area contributed by atoms with Gasteiger partial charge in [0.05, 0.1) is 11.3 Å². The maximum Gasteiger partial charge on any atom is 0.220 e. The summed E-state index contributed by atoms with van der Waals surface area (Å²) in [4.78, 5) is 15.4. The lowest BCUT2D eigenvalue weighted by molar-refractivity contribution is -0.121. The molecule has 0 aliphatic carbocycles. The van der Waals surface area contributed by atoms with E-state index in [1.54, 1.807) is 6.66 Å². The fourth-order valence-electron chi connectivity index (χ4n) is 3.87. The van der Waals surface area contributed by atoms with Crippen molar-refractivity contribution in [1.29, 1.82) is 0 Å². The van der Waals surface area contributed by atoms with E-state index in [0.717, 1.165) is 6.07 Å². The zero-order chi connectivity index (χ0) is 21.5. The molecule has 0 saturated carbocycles. The highest BCUT2D eigenvalue weighted by Gasteiger charge is 2.34. The van der Waals surface area contributed by atoms with Crippen LogP contribution in [0.1, 0.15) is 18.4 Å². The molecule has 30 heavy (non-hydrogen) atoms. The van der Waals surface area contributed by atoms with Gasteiger partial charge < -0.3 is 14.9 Å². The van der Waals surface area contributed by atoms with Crippen molar-refractivity contribution in [3.8, 4) is 11.3 Å². The summed E-state index contributed by atoms with van der Waals surface area (Å²) in [6.45, 7) is 2.18. The van der Waals surface area contributed by atoms with E-state index in [4.69, 9.17) is 0 Å². The number of carbonyl (C=O) groups is 1. The van der Waals surface area contributed by atoms with Gasteiger partial charge in [0.25, 0.3) is 0 Å². The van der Waals surface area contributed by atoms with Crippen molar-refractivity contribution < 1.29 is 22.5 Å². The van der Waals surface area contributed by atoms with Crippen molar-refractivity contribution in [2.75, 3.05) is 13.2 Å². The topological polar surface area (TPSA) is 74.0 Å². The van der Waals surface area contributed by atoms with Gasteiger partial charge in [-0.25, -0.2) is 13.2 Å². The molecule has 1 aliphatic rings. The lowest BCUT2D eigenvalue weighted by Crippen LogP contribution is -2.33. The van der Waals surface area contributed by atoms with Crippen LogP contribution >= 0.6 is 7.29 Å². The van der Waals surface area contributed by atoms with Crippen LogP contribution in [-0.4, -0.2) is 29.9 Å². The number of amides is 1. The van der Waals surface area contributed by atoms with E-state index in [2.05, 4.69) is 15.4 Å². The molecule has 2 aromatic carbocycles. The van der Waals surface area contributed by atoms with Crippen molar-refractivity contribution in [3.05, 3.63) is 59.4 Å². The number of aromatic nitrogens is 1. The molecule has 4 rings (SSSR count). The molecular formula is C21H21F3N3O2P. The van der Waals surface area contributed by atoms with Gasteiger partial charge in [-0.2, -0.15) is 0 Å². The van der Waals surface area contributed by atoms with Crippen LogP contribution in [0.5, 0.6) is 0 Å². The molecule has 9 heteroatoms. The van der Waals surface area contributed by atoms with E-state index in [1.165, 1.54) is 30.3 Å². The molecule has 158 valence electrons. The average molecular weight is 435 g/mol. The predicted molar refractivity (Wildman–Crippen MR) is 110 cm³/mol. The minimum Gasteiger partial charge on any atom is -0.352 e. The molecule has 1 saturated heterocycles. The number of fused-ring (bicyclic) bond motifs is 1. The Morgan fingerprint density at radius 3 is 2.57 bits per heavy atom. The molecular weight excluding hydrogens is 414 g/mol. The van der Waals surface area contributed by atoms with Crippen molar-refractivity contribution >= 4 is 24.1 Å². The second-order valence-corrected chi connectivity index (χ2v) is 10.5. The number of rotatable bonds is 5. The van der Waals surface area contributed by atoms with Gasteiger partial charge in [-0.15, -0.1) is 0 Å². The molecule has 1 amide bonds. The van der Waals surface area contributed by atoms with Crippen molar-refractivity contribution in [1.82, 2.24) is 15.4 Å². The van der Waals surface area contributed by atoms with Crippen LogP contribution in [0.3, 0.4) is 0 Å². The van der Waals surface area contributed by atoms with Crippen LogP contribution in [0.15, 0.2) is 36.4 Å². The summed E-state index contributed by atoms with van der Waals surface area (Å²) in [7, 11) is -2.63. The van der Waals surface area contributed by atoms with E-state index in [0.29, 0.717) is 35.2 Å². The maximum absolute atomic E-state index is 14.3. The average Bonchev–Trinajstić information content (AvgIpc) is 3.20. The zero-order valence-electron chi connectivity index (χ0n) is 16.3. The van der Waals surface area contributed by atoms with Gasteiger partial charge in [-0.3, -0.25) is 9.88 Å². The molecule has 0 spiro atoms. The van der Waals surface area contributed by atoms with Crippen LogP contribution in [0, 0.1) is 17.5 Å². The third-order valence-corrected chi connectivity index (χ3v) is 7.86. The smallest absolute Gasteiger partial charge is 0.220 e. The van der Waals surface area contributed by atoms with Gasteiger partial charge >= 0.3 is 0 Å². The van der Waals surface area contributed by atoms with Gasteiger partial charge in [-0.1, -0.05) is 0 Å². The Morgan fingerprint density at radius 1 is 1.17 bits per heavy atom. The summed E-state index contributed by atoms with van der Waals surface area (Å²) in [6.07, 6.45) is 0.842. The Kier molecular flexibility index (Phi) is 5.47. The summed E-state index contributed by atoms with van der Waals surface area (Å²) >= 11 is 0. The van der Waals surface area contributed by atoms with Gasteiger partial charge in [0.1, 0.15) is 17.5 Å². The van der Waals surface area contributed by atoms with E-state index in [1.807, 2.05) is 0 Å². The first-order valence-electron chi connectivity index (χ1n) is 9.62. The van der Waals surface area contributed by atoms with Gasteiger partial charge in [-0.05, 0) is 54.3 Å². The second-order valence-electron chi connectivity index (χ2n) is 7.57. The summed E-state index contributed by atoms with van der Waals surface area (Å²) in [5.74, 6) is -2.59. The normalized spacial score (nSPS) is 21.3. The summed E-state index contributed by atoms with van der Waals surface area (Å²) in [5, 5.41) is 6.05. The van der Waals surface area contributed by atoms with E-state index in [-0.39, 0.29) is 24.3 Å². The van der Waals surface area contributed by atoms with E-state index in [9.17, 15) is 22.5 Å². The number of halogens is 3. The second kappa shape index (κ2) is 7.93. The first-order chi connectivity index (χ1) is 14.2. The van der Waals surface area contributed by atoms with Crippen LogP contribution in [0.25, 0.3) is 22.2 Å². The Balaban J connectivity index is 1.64. The van der Waals surface area contributed by atoms with Gasteiger partial charge in [0.15, 0.2) is 7.29 Å². The van der Waals surface area contributed by atoms with Crippen molar-refractivity contribution in [2.24, 2.45) is 0 Å². The first-order valence-corrected chi connectivity index (χ1v) is 11.8. The molecule has 2 unspecified atom stereocenters.